The Bertz CT molecular complexity index is 579. The van der Waals surface area contributed by atoms with Crippen LogP contribution in [0.1, 0.15) is 10.4 Å². The highest BCUT2D eigenvalue weighted by Crippen LogP contribution is 2.30. The van der Waals surface area contributed by atoms with Gasteiger partial charge in [-0.3, -0.25) is 4.79 Å². The molecule has 0 aliphatic heterocycles. The van der Waals surface area contributed by atoms with Gasteiger partial charge in [-0.05, 0) is 30.3 Å². The lowest BCUT2D eigenvalue weighted by atomic mass is 10.2. The van der Waals surface area contributed by atoms with Gasteiger partial charge in [0.1, 0.15) is 17.3 Å². The predicted molar refractivity (Wildman–Crippen MR) is 68.3 cm³/mol. The van der Waals surface area contributed by atoms with Gasteiger partial charge in [0.25, 0.3) is 0 Å². The molecule has 0 heterocycles. The largest absolute Gasteiger partial charge is 0.456 e. The zero-order chi connectivity index (χ0) is 13.1. The van der Waals surface area contributed by atoms with Gasteiger partial charge >= 0.3 is 0 Å². The van der Waals surface area contributed by atoms with Crippen LogP contribution in [0.5, 0.6) is 11.5 Å². The first-order valence-corrected chi connectivity index (χ1v) is 5.73. The number of carbonyl (C=O) groups is 1. The molecule has 0 saturated carbocycles. The standard InChI is InChI=1S/C13H7Cl2FO2/c14-8-4-9(15)6-10(5-8)18-13-3-1-2-12(16)11(13)7-17/h1-7H. The molecule has 92 valence electrons. The third-order valence-corrected chi connectivity index (χ3v) is 2.63. The van der Waals surface area contributed by atoms with Gasteiger partial charge in [-0.25, -0.2) is 4.39 Å². The summed E-state index contributed by atoms with van der Waals surface area (Å²) in [6, 6.07) is 8.70. The van der Waals surface area contributed by atoms with E-state index in [2.05, 4.69) is 0 Å². The highest BCUT2D eigenvalue weighted by Gasteiger charge is 2.10. The summed E-state index contributed by atoms with van der Waals surface area (Å²) in [4.78, 5) is 10.8. The molecule has 0 amide bonds. The Balaban J connectivity index is 2.39. The van der Waals surface area contributed by atoms with Crippen LogP contribution in [0.4, 0.5) is 4.39 Å². The molecular formula is C13H7Cl2FO2. The molecule has 0 aliphatic carbocycles. The van der Waals surface area contributed by atoms with Crippen molar-refractivity contribution < 1.29 is 13.9 Å². The van der Waals surface area contributed by atoms with Crippen molar-refractivity contribution in [3.63, 3.8) is 0 Å². The minimum atomic E-state index is -0.643. The zero-order valence-electron chi connectivity index (χ0n) is 8.99. The first-order chi connectivity index (χ1) is 8.60. The molecule has 0 aliphatic rings. The van der Waals surface area contributed by atoms with Crippen molar-refractivity contribution in [1.82, 2.24) is 0 Å². The molecule has 0 spiro atoms. The van der Waals surface area contributed by atoms with Crippen molar-refractivity contribution in [1.29, 1.82) is 0 Å². The monoisotopic (exact) mass is 284 g/mol. The highest BCUT2D eigenvalue weighted by molar-refractivity contribution is 6.34. The molecule has 0 fully saturated rings. The topological polar surface area (TPSA) is 26.3 Å². The molecular weight excluding hydrogens is 278 g/mol. The Labute approximate surface area is 113 Å². The smallest absolute Gasteiger partial charge is 0.156 e. The molecule has 0 N–H and O–H groups in total. The van der Waals surface area contributed by atoms with Gasteiger partial charge in [-0.2, -0.15) is 0 Å². The fourth-order valence-corrected chi connectivity index (χ4v) is 1.94. The zero-order valence-corrected chi connectivity index (χ0v) is 10.5. The lowest BCUT2D eigenvalue weighted by Gasteiger charge is -2.09. The highest BCUT2D eigenvalue weighted by atomic mass is 35.5. The minimum absolute atomic E-state index is 0.114. The lowest BCUT2D eigenvalue weighted by Crippen LogP contribution is -1.94. The second-order valence-corrected chi connectivity index (χ2v) is 4.35. The van der Waals surface area contributed by atoms with E-state index in [0.29, 0.717) is 22.1 Å². The second-order valence-electron chi connectivity index (χ2n) is 3.48. The first kappa shape index (κ1) is 12.9. The number of hydrogen-bond donors (Lipinski definition) is 0. The van der Waals surface area contributed by atoms with Crippen LogP contribution in [0.25, 0.3) is 0 Å². The number of aldehydes is 1. The number of hydrogen-bond acceptors (Lipinski definition) is 2. The average Bonchev–Trinajstić information content (AvgIpc) is 2.27. The normalized spacial score (nSPS) is 10.2. The summed E-state index contributed by atoms with van der Waals surface area (Å²) in [6.45, 7) is 0. The lowest BCUT2D eigenvalue weighted by molar-refractivity contribution is 0.111. The summed E-state index contributed by atoms with van der Waals surface area (Å²) in [5, 5.41) is 0.781. The van der Waals surface area contributed by atoms with E-state index in [0.717, 1.165) is 0 Å². The van der Waals surface area contributed by atoms with E-state index < -0.39 is 5.82 Å². The Morgan fingerprint density at radius 1 is 1.11 bits per heavy atom. The molecule has 0 saturated heterocycles. The quantitative estimate of drug-likeness (QED) is 0.761. The maximum absolute atomic E-state index is 13.3. The van der Waals surface area contributed by atoms with Crippen molar-refractivity contribution in [2.45, 2.75) is 0 Å². The summed E-state index contributed by atoms with van der Waals surface area (Å²) in [5.41, 5.74) is -0.145. The van der Waals surface area contributed by atoms with Crippen LogP contribution in [-0.2, 0) is 0 Å². The van der Waals surface area contributed by atoms with E-state index in [9.17, 15) is 9.18 Å². The predicted octanol–water partition coefficient (Wildman–Crippen LogP) is 4.74. The fraction of sp³-hybridized carbons (Fsp3) is 0. The van der Waals surface area contributed by atoms with Gasteiger partial charge in [0.05, 0.1) is 5.56 Å². The van der Waals surface area contributed by atoms with Gasteiger partial charge in [-0.15, -0.1) is 0 Å². The van der Waals surface area contributed by atoms with E-state index in [1.54, 1.807) is 6.07 Å². The minimum Gasteiger partial charge on any atom is -0.456 e. The summed E-state index contributed by atoms with van der Waals surface area (Å²) in [6.07, 6.45) is 0.400. The van der Waals surface area contributed by atoms with Crippen LogP contribution >= 0.6 is 23.2 Å². The van der Waals surface area contributed by atoms with Crippen molar-refractivity contribution in [3.8, 4) is 11.5 Å². The van der Waals surface area contributed by atoms with Crippen molar-refractivity contribution >= 4 is 29.5 Å². The Morgan fingerprint density at radius 2 is 1.78 bits per heavy atom. The van der Waals surface area contributed by atoms with Gasteiger partial charge in [0.15, 0.2) is 6.29 Å². The van der Waals surface area contributed by atoms with Crippen LogP contribution < -0.4 is 4.74 Å². The van der Waals surface area contributed by atoms with E-state index >= 15 is 0 Å². The number of carbonyl (C=O) groups excluding carboxylic acids is 1. The van der Waals surface area contributed by atoms with E-state index in [4.69, 9.17) is 27.9 Å². The number of halogens is 3. The summed E-state index contributed by atoms with van der Waals surface area (Å²) in [5.74, 6) is -0.194. The molecule has 18 heavy (non-hydrogen) atoms. The SMILES string of the molecule is O=Cc1c(F)cccc1Oc1cc(Cl)cc(Cl)c1. The molecule has 0 aromatic heterocycles. The third-order valence-electron chi connectivity index (χ3n) is 2.19. The van der Waals surface area contributed by atoms with E-state index in [1.807, 2.05) is 0 Å². The average molecular weight is 285 g/mol. The number of benzene rings is 2. The maximum Gasteiger partial charge on any atom is 0.156 e. The molecule has 0 bridgehead atoms. The molecule has 5 heteroatoms. The Kier molecular flexibility index (Phi) is 3.84. The Morgan fingerprint density at radius 3 is 2.39 bits per heavy atom. The number of rotatable bonds is 3. The molecule has 0 atom stereocenters. The summed E-state index contributed by atoms with van der Waals surface area (Å²) < 4.78 is 18.8. The van der Waals surface area contributed by atoms with Crippen LogP contribution in [-0.4, -0.2) is 6.29 Å². The summed E-state index contributed by atoms with van der Waals surface area (Å²) >= 11 is 11.6. The molecule has 2 nitrogen and oxygen atoms in total. The van der Waals surface area contributed by atoms with Crippen LogP contribution in [0.3, 0.4) is 0 Å². The third kappa shape index (κ3) is 2.81. The first-order valence-electron chi connectivity index (χ1n) is 4.98. The van der Waals surface area contributed by atoms with Gasteiger partial charge in [-0.1, -0.05) is 29.3 Å². The van der Waals surface area contributed by atoms with Crippen LogP contribution in [0.15, 0.2) is 36.4 Å². The van der Waals surface area contributed by atoms with Crippen molar-refractivity contribution in [2.24, 2.45) is 0 Å². The summed E-state index contributed by atoms with van der Waals surface area (Å²) in [7, 11) is 0. The van der Waals surface area contributed by atoms with E-state index in [1.165, 1.54) is 30.3 Å². The van der Waals surface area contributed by atoms with Gasteiger partial charge < -0.3 is 4.74 Å². The molecule has 2 aromatic carbocycles. The molecule has 2 rings (SSSR count). The molecule has 0 unspecified atom stereocenters. The van der Waals surface area contributed by atoms with Crippen LogP contribution in [0, 0.1) is 5.82 Å². The Hall–Kier alpha value is -1.58. The second kappa shape index (κ2) is 5.38. The number of ether oxygens (including phenoxy) is 1. The van der Waals surface area contributed by atoms with Gasteiger partial charge in [0.2, 0.25) is 0 Å². The van der Waals surface area contributed by atoms with Crippen LogP contribution in [0.2, 0.25) is 10.0 Å². The fourth-order valence-electron chi connectivity index (χ4n) is 1.44. The van der Waals surface area contributed by atoms with Crippen molar-refractivity contribution in [3.05, 3.63) is 57.8 Å². The molecule has 2 aromatic rings. The van der Waals surface area contributed by atoms with Crippen molar-refractivity contribution in [2.75, 3.05) is 0 Å². The maximum atomic E-state index is 13.3. The van der Waals surface area contributed by atoms with E-state index in [-0.39, 0.29) is 11.3 Å². The van der Waals surface area contributed by atoms with Gasteiger partial charge in [0, 0.05) is 10.0 Å². The molecule has 0 radical (unpaired) electrons.